The van der Waals surface area contributed by atoms with Crippen LogP contribution in [-0.4, -0.2) is 39.3 Å². The topological polar surface area (TPSA) is 76.5 Å². The van der Waals surface area contributed by atoms with Gasteiger partial charge in [-0.3, -0.25) is 4.68 Å². The summed E-state index contributed by atoms with van der Waals surface area (Å²) in [5.74, 6) is -0.304. The summed E-state index contributed by atoms with van der Waals surface area (Å²) in [6.07, 6.45) is 5.62. The summed E-state index contributed by atoms with van der Waals surface area (Å²) in [6.45, 7) is 1.71. The van der Waals surface area contributed by atoms with Gasteiger partial charge >= 0.3 is 12.0 Å². The number of cyclic esters (lactones) is 1. The molecule has 124 valence electrons. The number of esters is 1. The third-order valence-electron chi connectivity index (χ3n) is 4.53. The molecule has 4 rings (SSSR count). The number of anilines is 1. The summed E-state index contributed by atoms with van der Waals surface area (Å²) in [6, 6.07) is 7.15. The van der Waals surface area contributed by atoms with E-state index in [1.54, 1.807) is 24.4 Å². The van der Waals surface area contributed by atoms with Crippen LogP contribution >= 0.6 is 0 Å². The van der Waals surface area contributed by atoms with E-state index >= 15 is 0 Å². The monoisotopic (exact) mass is 326 g/mol. The predicted molar refractivity (Wildman–Crippen MR) is 86.5 cm³/mol. The van der Waals surface area contributed by atoms with Crippen molar-refractivity contribution in [3.8, 4) is 0 Å². The maximum atomic E-state index is 12.6. The van der Waals surface area contributed by atoms with Gasteiger partial charge in [0.1, 0.15) is 6.61 Å². The Morgan fingerprint density at radius 3 is 3.17 bits per heavy atom. The van der Waals surface area contributed by atoms with Gasteiger partial charge in [-0.25, -0.2) is 9.59 Å². The summed E-state index contributed by atoms with van der Waals surface area (Å²) in [5, 5.41) is 7.14. The number of likely N-dealkylation sites (tertiary alicyclic amines) is 1. The van der Waals surface area contributed by atoms with Crippen LogP contribution in [0.25, 0.3) is 0 Å². The second kappa shape index (κ2) is 5.99. The van der Waals surface area contributed by atoms with Crippen LogP contribution in [0.15, 0.2) is 36.7 Å². The number of nitrogens with one attached hydrogen (secondary N) is 1. The molecule has 0 saturated carbocycles. The van der Waals surface area contributed by atoms with Gasteiger partial charge in [-0.2, -0.15) is 5.10 Å². The van der Waals surface area contributed by atoms with Gasteiger partial charge in [0.05, 0.1) is 18.2 Å². The van der Waals surface area contributed by atoms with E-state index in [-0.39, 0.29) is 24.6 Å². The number of hydrogen-bond donors (Lipinski definition) is 1. The van der Waals surface area contributed by atoms with Crippen molar-refractivity contribution in [2.75, 3.05) is 11.9 Å². The molecule has 2 aromatic rings. The van der Waals surface area contributed by atoms with Gasteiger partial charge in [0, 0.05) is 30.2 Å². The van der Waals surface area contributed by atoms with E-state index in [0.29, 0.717) is 17.8 Å². The van der Waals surface area contributed by atoms with Gasteiger partial charge in [-0.05, 0) is 37.1 Å². The number of benzene rings is 1. The highest BCUT2D eigenvalue weighted by molar-refractivity contribution is 5.95. The van der Waals surface area contributed by atoms with Crippen LogP contribution in [0.2, 0.25) is 0 Å². The minimum atomic E-state index is -0.304. The number of rotatable bonds is 3. The third kappa shape index (κ3) is 2.73. The van der Waals surface area contributed by atoms with Gasteiger partial charge in [0.2, 0.25) is 0 Å². The van der Waals surface area contributed by atoms with Crippen LogP contribution in [0.4, 0.5) is 10.5 Å². The highest BCUT2D eigenvalue weighted by Crippen LogP contribution is 2.25. The summed E-state index contributed by atoms with van der Waals surface area (Å²) < 4.78 is 6.84. The van der Waals surface area contributed by atoms with E-state index in [0.717, 1.165) is 24.9 Å². The summed E-state index contributed by atoms with van der Waals surface area (Å²) in [7, 11) is 0. The number of carbonyl (C=O) groups excluding carboxylic acids is 2. The Morgan fingerprint density at radius 1 is 1.42 bits per heavy atom. The zero-order valence-electron chi connectivity index (χ0n) is 13.1. The Kier molecular flexibility index (Phi) is 3.68. The molecule has 0 radical (unpaired) electrons. The number of carbonyl (C=O) groups is 2. The molecule has 3 heterocycles. The van der Waals surface area contributed by atoms with Crippen LogP contribution in [-0.2, 0) is 17.9 Å². The van der Waals surface area contributed by atoms with Crippen molar-refractivity contribution < 1.29 is 14.3 Å². The Hall–Kier alpha value is -2.83. The molecule has 0 aliphatic carbocycles. The van der Waals surface area contributed by atoms with Crippen molar-refractivity contribution in [1.29, 1.82) is 0 Å². The number of amides is 2. The second-order valence-corrected chi connectivity index (χ2v) is 6.10. The number of ether oxygens (including phenoxy) is 1. The summed E-state index contributed by atoms with van der Waals surface area (Å²) in [4.78, 5) is 25.9. The lowest BCUT2D eigenvalue weighted by molar-refractivity contribution is 0.0535. The average molecular weight is 326 g/mol. The lowest BCUT2D eigenvalue weighted by Crippen LogP contribution is -2.40. The van der Waals surface area contributed by atoms with Gasteiger partial charge < -0.3 is 15.0 Å². The number of aromatic nitrogens is 2. The highest BCUT2D eigenvalue weighted by atomic mass is 16.5. The summed E-state index contributed by atoms with van der Waals surface area (Å²) in [5.41, 5.74) is 2.07. The standard InChI is InChI=1S/C17H18N4O3/c22-16-15-5-4-13(9-12(15)11-24-16)19-17(23)21-8-1-3-14(21)10-20-7-2-6-18-20/h2,4-7,9,14H,1,3,8,10-11H2,(H,19,23)/t14-/m0/s1. The first-order valence-corrected chi connectivity index (χ1v) is 8.06. The van der Waals surface area contributed by atoms with E-state index in [9.17, 15) is 9.59 Å². The molecular weight excluding hydrogens is 308 g/mol. The first-order valence-electron chi connectivity index (χ1n) is 8.06. The second-order valence-electron chi connectivity index (χ2n) is 6.10. The Bertz CT molecular complexity index is 772. The third-order valence-corrected chi connectivity index (χ3v) is 4.53. The largest absolute Gasteiger partial charge is 0.457 e. The number of hydrogen-bond acceptors (Lipinski definition) is 4. The molecule has 0 unspecified atom stereocenters. The first kappa shape index (κ1) is 14.7. The number of urea groups is 1. The van der Waals surface area contributed by atoms with E-state index in [4.69, 9.17) is 4.74 Å². The maximum Gasteiger partial charge on any atom is 0.338 e. The fourth-order valence-electron chi connectivity index (χ4n) is 3.32. The zero-order valence-corrected chi connectivity index (χ0v) is 13.1. The minimum absolute atomic E-state index is 0.116. The molecule has 1 aromatic heterocycles. The molecule has 2 aliphatic heterocycles. The quantitative estimate of drug-likeness (QED) is 0.878. The molecule has 0 spiro atoms. The van der Waals surface area contributed by atoms with Crippen LogP contribution in [0.3, 0.4) is 0 Å². The number of fused-ring (bicyclic) bond motifs is 1. The van der Waals surface area contributed by atoms with Crippen LogP contribution in [0.1, 0.15) is 28.8 Å². The van der Waals surface area contributed by atoms with E-state index < -0.39 is 0 Å². The van der Waals surface area contributed by atoms with Crippen LogP contribution in [0.5, 0.6) is 0 Å². The lowest BCUT2D eigenvalue weighted by atomic mass is 10.1. The van der Waals surface area contributed by atoms with E-state index in [1.165, 1.54) is 0 Å². The molecular formula is C17H18N4O3. The molecule has 2 amide bonds. The maximum absolute atomic E-state index is 12.6. The predicted octanol–water partition coefficient (Wildman–Crippen LogP) is 2.25. The molecule has 0 bridgehead atoms. The molecule has 1 N–H and O–H groups in total. The SMILES string of the molecule is O=C1OCc2cc(NC(=O)N3CCC[C@H]3Cn3cccn3)ccc21. The molecule has 7 nitrogen and oxygen atoms in total. The molecule has 1 fully saturated rings. The Labute approximate surface area is 139 Å². The van der Waals surface area contributed by atoms with Crippen molar-refractivity contribution in [3.05, 3.63) is 47.8 Å². The smallest absolute Gasteiger partial charge is 0.338 e. The molecule has 2 aliphatic rings. The molecule has 1 atom stereocenters. The normalized spacial score (nSPS) is 19.2. The van der Waals surface area contributed by atoms with Crippen molar-refractivity contribution in [3.63, 3.8) is 0 Å². The van der Waals surface area contributed by atoms with Gasteiger partial charge in [0.15, 0.2) is 0 Å². The van der Waals surface area contributed by atoms with Crippen LogP contribution in [0, 0.1) is 0 Å². The van der Waals surface area contributed by atoms with Crippen LogP contribution < -0.4 is 5.32 Å². The van der Waals surface area contributed by atoms with Crippen molar-refractivity contribution in [2.24, 2.45) is 0 Å². The van der Waals surface area contributed by atoms with Crippen molar-refractivity contribution in [2.45, 2.75) is 32.0 Å². The van der Waals surface area contributed by atoms with Crippen molar-refractivity contribution in [1.82, 2.24) is 14.7 Å². The van der Waals surface area contributed by atoms with E-state index in [1.807, 2.05) is 21.8 Å². The lowest BCUT2D eigenvalue weighted by Gasteiger charge is -2.25. The molecule has 7 heteroatoms. The number of nitrogens with zero attached hydrogens (tertiary/aromatic N) is 3. The van der Waals surface area contributed by atoms with Crippen molar-refractivity contribution >= 4 is 17.7 Å². The fraction of sp³-hybridized carbons (Fsp3) is 0.353. The first-order chi connectivity index (χ1) is 11.7. The fourth-order valence-corrected chi connectivity index (χ4v) is 3.32. The van der Waals surface area contributed by atoms with Gasteiger partial charge in [-0.1, -0.05) is 0 Å². The molecule has 1 saturated heterocycles. The molecule has 24 heavy (non-hydrogen) atoms. The Balaban J connectivity index is 1.44. The Morgan fingerprint density at radius 2 is 2.33 bits per heavy atom. The molecule has 1 aromatic carbocycles. The highest BCUT2D eigenvalue weighted by Gasteiger charge is 2.29. The minimum Gasteiger partial charge on any atom is -0.457 e. The average Bonchev–Trinajstić information content (AvgIpc) is 3.30. The van der Waals surface area contributed by atoms with Gasteiger partial charge in [-0.15, -0.1) is 0 Å². The van der Waals surface area contributed by atoms with Gasteiger partial charge in [0.25, 0.3) is 0 Å². The zero-order chi connectivity index (χ0) is 16.5. The van der Waals surface area contributed by atoms with E-state index in [2.05, 4.69) is 10.4 Å². The summed E-state index contributed by atoms with van der Waals surface area (Å²) >= 11 is 0.